The molecule has 0 bridgehead atoms. The van der Waals surface area contributed by atoms with Gasteiger partial charge in [-0.1, -0.05) is 18.2 Å². The lowest BCUT2D eigenvalue weighted by Gasteiger charge is -2.30. The molecule has 1 fully saturated rings. The molecule has 8 heteroatoms. The summed E-state index contributed by atoms with van der Waals surface area (Å²) in [6, 6.07) is 15.1. The van der Waals surface area contributed by atoms with Crippen LogP contribution in [-0.2, 0) is 0 Å². The second kappa shape index (κ2) is 8.39. The number of anilines is 3. The fourth-order valence-electron chi connectivity index (χ4n) is 5.20. The fourth-order valence-corrected chi connectivity index (χ4v) is 5.20. The largest absolute Gasteiger partial charge is 0.423 e. The number of fused-ring (bicyclic) bond motifs is 2. The van der Waals surface area contributed by atoms with Gasteiger partial charge in [0.05, 0.1) is 16.9 Å². The highest BCUT2D eigenvalue weighted by Crippen LogP contribution is 2.35. The van der Waals surface area contributed by atoms with Crippen LogP contribution in [0.1, 0.15) is 30.0 Å². The Hall–Kier alpha value is -3.91. The van der Waals surface area contributed by atoms with E-state index in [4.69, 9.17) is 15.2 Å². The minimum absolute atomic E-state index is 0.319. The molecule has 0 radical (unpaired) electrons. The molecule has 1 atom stereocenters. The number of oxazole rings is 1. The normalized spacial score (nSPS) is 16.8. The van der Waals surface area contributed by atoms with Crippen LogP contribution in [0, 0.1) is 13.8 Å². The molecule has 0 aliphatic carbocycles. The number of nitrogens with zero attached hydrogens (tertiary/aromatic N) is 5. The smallest absolute Gasteiger partial charge is 0.300 e. The zero-order valence-corrected chi connectivity index (χ0v) is 20.2. The van der Waals surface area contributed by atoms with Crippen LogP contribution in [0.15, 0.2) is 53.1 Å². The highest BCUT2D eigenvalue weighted by molar-refractivity contribution is 6.00. The molecular weight excluding hydrogens is 438 g/mol. The SMILES string of the molecule is Cc1cc(C)c2oc(Nc3ccc(-c4nn(C5CCCN(C)C5)c5ccnc(N)c45)cc3)nc2c1. The van der Waals surface area contributed by atoms with Crippen molar-refractivity contribution in [2.24, 2.45) is 0 Å². The van der Waals surface area contributed by atoms with Gasteiger partial charge in [-0.15, -0.1) is 0 Å². The predicted molar refractivity (Wildman–Crippen MR) is 140 cm³/mol. The maximum absolute atomic E-state index is 6.35. The van der Waals surface area contributed by atoms with Gasteiger partial charge in [0.15, 0.2) is 5.58 Å². The van der Waals surface area contributed by atoms with E-state index in [1.54, 1.807) is 6.20 Å². The molecule has 5 aromatic rings. The Labute approximate surface area is 203 Å². The third-order valence-corrected chi connectivity index (χ3v) is 6.82. The van der Waals surface area contributed by atoms with E-state index in [0.29, 0.717) is 17.9 Å². The average molecular weight is 468 g/mol. The van der Waals surface area contributed by atoms with Gasteiger partial charge in [-0.25, -0.2) is 4.98 Å². The number of aryl methyl sites for hydroxylation is 2. The van der Waals surface area contributed by atoms with Gasteiger partial charge in [-0.2, -0.15) is 10.1 Å². The van der Waals surface area contributed by atoms with Crippen molar-refractivity contribution < 1.29 is 4.42 Å². The van der Waals surface area contributed by atoms with Crippen LogP contribution in [0.3, 0.4) is 0 Å². The van der Waals surface area contributed by atoms with Crippen LogP contribution in [0.4, 0.5) is 17.5 Å². The minimum Gasteiger partial charge on any atom is -0.423 e. The topological polar surface area (TPSA) is 98.0 Å². The number of hydrogen-bond acceptors (Lipinski definition) is 7. The minimum atomic E-state index is 0.319. The van der Waals surface area contributed by atoms with E-state index in [-0.39, 0.29) is 0 Å². The van der Waals surface area contributed by atoms with Crippen molar-refractivity contribution in [3.8, 4) is 11.3 Å². The Balaban J connectivity index is 1.33. The number of likely N-dealkylation sites (tertiary alicyclic amines) is 1. The number of rotatable bonds is 4. The molecule has 0 spiro atoms. The summed E-state index contributed by atoms with van der Waals surface area (Å²) in [7, 11) is 2.17. The summed E-state index contributed by atoms with van der Waals surface area (Å²) in [5.41, 5.74) is 14.0. The Bertz CT molecular complexity index is 1530. The van der Waals surface area contributed by atoms with Crippen LogP contribution in [-0.4, -0.2) is 44.8 Å². The van der Waals surface area contributed by atoms with E-state index >= 15 is 0 Å². The van der Waals surface area contributed by atoms with Crippen molar-refractivity contribution in [2.75, 3.05) is 31.2 Å². The molecule has 0 saturated carbocycles. The number of benzene rings is 2. The highest BCUT2D eigenvalue weighted by Gasteiger charge is 2.24. The van der Waals surface area contributed by atoms with Crippen LogP contribution < -0.4 is 11.1 Å². The third kappa shape index (κ3) is 3.89. The van der Waals surface area contributed by atoms with Gasteiger partial charge in [0.25, 0.3) is 6.01 Å². The van der Waals surface area contributed by atoms with E-state index < -0.39 is 0 Å². The first kappa shape index (κ1) is 21.6. The maximum atomic E-state index is 6.35. The van der Waals surface area contributed by atoms with E-state index in [1.165, 1.54) is 5.56 Å². The van der Waals surface area contributed by atoms with Crippen LogP contribution in [0.5, 0.6) is 0 Å². The van der Waals surface area contributed by atoms with Gasteiger partial charge in [-0.05, 0) is 75.7 Å². The molecule has 3 aromatic heterocycles. The third-order valence-electron chi connectivity index (χ3n) is 6.82. The second-order valence-electron chi connectivity index (χ2n) is 9.59. The van der Waals surface area contributed by atoms with Gasteiger partial charge in [0.1, 0.15) is 17.0 Å². The highest BCUT2D eigenvalue weighted by atomic mass is 16.4. The molecule has 1 unspecified atom stereocenters. The number of piperidine rings is 1. The lowest BCUT2D eigenvalue weighted by Crippen LogP contribution is -2.34. The molecule has 4 heterocycles. The van der Waals surface area contributed by atoms with Crippen LogP contribution >= 0.6 is 0 Å². The molecule has 178 valence electrons. The van der Waals surface area contributed by atoms with Gasteiger partial charge >= 0.3 is 0 Å². The second-order valence-corrected chi connectivity index (χ2v) is 9.59. The van der Waals surface area contributed by atoms with Gasteiger partial charge in [0, 0.05) is 24.0 Å². The number of nitrogens with one attached hydrogen (secondary N) is 1. The van der Waals surface area contributed by atoms with E-state index in [0.717, 1.165) is 70.4 Å². The molecule has 1 saturated heterocycles. The fraction of sp³-hybridized carbons (Fsp3) is 0.296. The van der Waals surface area contributed by atoms with Gasteiger partial charge in [0.2, 0.25) is 0 Å². The first-order chi connectivity index (χ1) is 17.0. The average Bonchev–Trinajstić information content (AvgIpc) is 3.42. The summed E-state index contributed by atoms with van der Waals surface area (Å²) in [5, 5.41) is 9.25. The lowest BCUT2D eigenvalue weighted by atomic mass is 10.1. The number of nitrogen functional groups attached to an aromatic ring is 1. The number of likely N-dealkylation sites (N-methyl/N-ethyl adjacent to an activating group) is 1. The molecule has 1 aliphatic rings. The standard InChI is InChI=1S/C27H29N7O/c1-16-13-17(2)25-21(14-16)31-27(35-25)30-19-8-6-18(7-9-19)24-23-22(10-11-29-26(23)28)34(32-24)20-5-4-12-33(3)15-20/h6-11,13-14,20H,4-5,12,15H2,1-3H3,(H2,28,29)(H,30,31). The van der Waals surface area contributed by atoms with E-state index in [1.807, 2.05) is 43.3 Å². The zero-order chi connectivity index (χ0) is 24.1. The van der Waals surface area contributed by atoms with Crippen molar-refractivity contribution in [1.82, 2.24) is 24.6 Å². The van der Waals surface area contributed by atoms with Crippen molar-refractivity contribution in [2.45, 2.75) is 32.7 Å². The summed E-state index contributed by atoms with van der Waals surface area (Å²) in [4.78, 5) is 11.3. The van der Waals surface area contributed by atoms with E-state index in [9.17, 15) is 0 Å². The van der Waals surface area contributed by atoms with Crippen molar-refractivity contribution in [1.29, 1.82) is 0 Å². The Morgan fingerprint density at radius 2 is 1.94 bits per heavy atom. The summed E-state index contributed by atoms with van der Waals surface area (Å²) >= 11 is 0. The van der Waals surface area contributed by atoms with Crippen LogP contribution in [0.2, 0.25) is 0 Å². The quantitative estimate of drug-likeness (QED) is 0.363. The van der Waals surface area contributed by atoms with Crippen molar-refractivity contribution in [3.63, 3.8) is 0 Å². The summed E-state index contributed by atoms with van der Waals surface area (Å²) in [6.45, 7) is 6.20. The van der Waals surface area contributed by atoms with Crippen molar-refractivity contribution in [3.05, 3.63) is 59.8 Å². The molecule has 0 amide bonds. The predicted octanol–water partition coefficient (Wildman–Crippen LogP) is 5.45. The van der Waals surface area contributed by atoms with Gasteiger partial charge in [-0.3, -0.25) is 4.68 Å². The molecule has 1 aliphatic heterocycles. The van der Waals surface area contributed by atoms with Crippen LogP contribution in [0.25, 0.3) is 33.3 Å². The molecule has 8 nitrogen and oxygen atoms in total. The first-order valence-electron chi connectivity index (χ1n) is 12.0. The summed E-state index contributed by atoms with van der Waals surface area (Å²) in [6.07, 6.45) is 4.03. The maximum Gasteiger partial charge on any atom is 0.300 e. The molecular formula is C27H29N7O. The van der Waals surface area contributed by atoms with Crippen molar-refractivity contribution >= 4 is 39.5 Å². The molecule has 35 heavy (non-hydrogen) atoms. The number of nitrogens with two attached hydrogens (primary N) is 1. The molecule has 6 rings (SSSR count). The van der Waals surface area contributed by atoms with Gasteiger partial charge < -0.3 is 20.4 Å². The number of hydrogen-bond donors (Lipinski definition) is 2. The number of pyridine rings is 1. The monoisotopic (exact) mass is 467 g/mol. The lowest BCUT2D eigenvalue weighted by molar-refractivity contribution is 0.206. The molecule has 2 aromatic carbocycles. The first-order valence-corrected chi connectivity index (χ1v) is 12.0. The Kier molecular flexibility index (Phi) is 5.18. The zero-order valence-electron chi connectivity index (χ0n) is 20.2. The Morgan fingerprint density at radius 1 is 1.11 bits per heavy atom. The van der Waals surface area contributed by atoms with E-state index in [2.05, 4.69) is 44.9 Å². The Morgan fingerprint density at radius 3 is 2.74 bits per heavy atom. The summed E-state index contributed by atoms with van der Waals surface area (Å²) < 4.78 is 8.10. The number of aromatic nitrogens is 4. The summed E-state index contributed by atoms with van der Waals surface area (Å²) in [5.74, 6) is 0.507. The molecule has 3 N–H and O–H groups in total.